The van der Waals surface area contributed by atoms with Gasteiger partial charge in [0.15, 0.2) is 0 Å². The van der Waals surface area contributed by atoms with Gasteiger partial charge in [0.05, 0.1) is 7.11 Å². The number of hydrogen-bond donors (Lipinski definition) is 2. The Labute approximate surface area is 88.1 Å². The van der Waals surface area contributed by atoms with Crippen LogP contribution in [-0.4, -0.2) is 24.3 Å². The zero-order valence-electron chi connectivity index (χ0n) is 8.34. The summed E-state index contributed by atoms with van der Waals surface area (Å²) in [5.41, 5.74) is 0.385. The Hall–Kier alpha value is -1.52. The van der Waals surface area contributed by atoms with Gasteiger partial charge in [-0.3, -0.25) is 0 Å². The molecule has 0 fully saturated rings. The summed E-state index contributed by atoms with van der Waals surface area (Å²) in [7, 11) is 0.0118. The predicted molar refractivity (Wildman–Crippen MR) is 60.3 cm³/mol. The van der Waals surface area contributed by atoms with Crippen LogP contribution < -0.4 is 10.2 Å². The standard InChI is InChI=1S/C11H11BO3/c1-15-11-9-5-3-2-4-8(9)6-7-10(11)12(13)14/h2-7,13-14H,1H3. The first kappa shape index (κ1) is 10.0. The average Bonchev–Trinajstić information content (AvgIpc) is 2.27. The van der Waals surface area contributed by atoms with Crippen LogP contribution in [0.4, 0.5) is 0 Å². The van der Waals surface area contributed by atoms with E-state index >= 15 is 0 Å². The molecule has 0 aliphatic rings. The lowest BCUT2D eigenvalue weighted by atomic mass is 9.78. The second-order valence-electron chi connectivity index (χ2n) is 3.28. The third-order valence-corrected chi connectivity index (χ3v) is 2.39. The Morgan fingerprint density at radius 1 is 1.07 bits per heavy atom. The number of hydrogen-bond acceptors (Lipinski definition) is 3. The summed E-state index contributed by atoms with van der Waals surface area (Å²) in [5.74, 6) is 0.517. The van der Waals surface area contributed by atoms with Crippen LogP contribution in [0.3, 0.4) is 0 Å². The molecule has 2 rings (SSSR count). The molecule has 0 aliphatic heterocycles. The van der Waals surface area contributed by atoms with Crippen molar-refractivity contribution in [2.75, 3.05) is 7.11 Å². The van der Waals surface area contributed by atoms with Crippen molar-refractivity contribution in [3.8, 4) is 5.75 Å². The molecule has 0 atom stereocenters. The zero-order chi connectivity index (χ0) is 10.8. The molecule has 0 bridgehead atoms. The highest BCUT2D eigenvalue weighted by Crippen LogP contribution is 2.23. The van der Waals surface area contributed by atoms with Crippen LogP contribution in [-0.2, 0) is 0 Å². The Kier molecular flexibility index (Phi) is 2.62. The Morgan fingerprint density at radius 3 is 2.47 bits per heavy atom. The normalized spacial score (nSPS) is 10.3. The molecule has 0 amide bonds. The number of fused-ring (bicyclic) bond motifs is 1. The largest absolute Gasteiger partial charge is 0.496 e. The van der Waals surface area contributed by atoms with E-state index in [4.69, 9.17) is 4.74 Å². The topological polar surface area (TPSA) is 49.7 Å². The second-order valence-corrected chi connectivity index (χ2v) is 3.28. The van der Waals surface area contributed by atoms with Crippen molar-refractivity contribution in [3.63, 3.8) is 0 Å². The molecule has 2 aromatic rings. The Balaban J connectivity index is 2.75. The SMILES string of the molecule is COc1c(B(O)O)ccc2ccccc12. The average molecular weight is 202 g/mol. The van der Waals surface area contributed by atoms with Gasteiger partial charge in [-0.05, 0) is 5.39 Å². The van der Waals surface area contributed by atoms with Crippen LogP contribution in [0.25, 0.3) is 10.8 Å². The molecule has 76 valence electrons. The first-order chi connectivity index (χ1) is 7.24. The van der Waals surface area contributed by atoms with E-state index in [-0.39, 0.29) is 0 Å². The minimum atomic E-state index is -1.51. The van der Waals surface area contributed by atoms with E-state index in [0.29, 0.717) is 11.2 Å². The molecule has 0 saturated carbocycles. The molecule has 0 saturated heterocycles. The highest BCUT2D eigenvalue weighted by molar-refractivity contribution is 6.60. The number of rotatable bonds is 2. The molecule has 0 unspecified atom stereocenters. The molecule has 0 aliphatic carbocycles. The van der Waals surface area contributed by atoms with Crippen molar-refractivity contribution in [2.45, 2.75) is 0 Å². The fourth-order valence-corrected chi connectivity index (χ4v) is 1.69. The lowest BCUT2D eigenvalue weighted by Crippen LogP contribution is -2.31. The van der Waals surface area contributed by atoms with Crippen molar-refractivity contribution in [1.29, 1.82) is 0 Å². The lowest BCUT2D eigenvalue weighted by molar-refractivity contribution is 0.406. The molecule has 0 spiro atoms. The number of methoxy groups -OCH3 is 1. The van der Waals surface area contributed by atoms with Crippen molar-refractivity contribution < 1.29 is 14.8 Å². The van der Waals surface area contributed by atoms with E-state index in [1.165, 1.54) is 7.11 Å². The van der Waals surface area contributed by atoms with Crippen molar-refractivity contribution in [1.82, 2.24) is 0 Å². The van der Waals surface area contributed by atoms with Crippen LogP contribution in [0.1, 0.15) is 0 Å². The van der Waals surface area contributed by atoms with Crippen molar-refractivity contribution in [2.24, 2.45) is 0 Å². The summed E-state index contributed by atoms with van der Waals surface area (Å²) in [6, 6.07) is 11.2. The summed E-state index contributed by atoms with van der Waals surface area (Å²) in [4.78, 5) is 0. The summed E-state index contributed by atoms with van der Waals surface area (Å²) in [5, 5.41) is 20.2. The van der Waals surface area contributed by atoms with Gasteiger partial charge >= 0.3 is 7.12 Å². The maximum atomic E-state index is 9.17. The molecule has 4 heteroatoms. The van der Waals surface area contributed by atoms with Crippen LogP contribution in [0.5, 0.6) is 5.75 Å². The minimum Gasteiger partial charge on any atom is -0.496 e. The molecule has 2 aromatic carbocycles. The summed E-state index contributed by atoms with van der Waals surface area (Å²) < 4.78 is 5.20. The summed E-state index contributed by atoms with van der Waals surface area (Å²) >= 11 is 0. The quantitative estimate of drug-likeness (QED) is 0.698. The van der Waals surface area contributed by atoms with E-state index in [2.05, 4.69) is 0 Å². The Morgan fingerprint density at radius 2 is 1.80 bits per heavy atom. The molecule has 3 nitrogen and oxygen atoms in total. The van der Waals surface area contributed by atoms with Gasteiger partial charge in [0.25, 0.3) is 0 Å². The third kappa shape index (κ3) is 1.69. The maximum Gasteiger partial charge on any atom is 0.492 e. The fourth-order valence-electron chi connectivity index (χ4n) is 1.69. The van der Waals surface area contributed by atoms with Crippen LogP contribution >= 0.6 is 0 Å². The molecule has 0 heterocycles. The second kappa shape index (κ2) is 3.92. The van der Waals surface area contributed by atoms with E-state index in [0.717, 1.165) is 10.8 Å². The molecule has 0 radical (unpaired) electrons. The van der Waals surface area contributed by atoms with Gasteiger partial charge in [-0.15, -0.1) is 0 Å². The van der Waals surface area contributed by atoms with Crippen LogP contribution in [0.2, 0.25) is 0 Å². The van der Waals surface area contributed by atoms with Crippen LogP contribution in [0.15, 0.2) is 36.4 Å². The van der Waals surface area contributed by atoms with E-state index in [1.807, 2.05) is 30.3 Å². The minimum absolute atomic E-state index is 0.385. The first-order valence-electron chi connectivity index (χ1n) is 4.66. The molecular formula is C11H11BO3. The van der Waals surface area contributed by atoms with Gasteiger partial charge in [-0.25, -0.2) is 0 Å². The summed E-state index contributed by atoms with van der Waals surface area (Å²) in [6.45, 7) is 0. The van der Waals surface area contributed by atoms with E-state index < -0.39 is 7.12 Å². The van der Waals surface area contributed by atoms with Gasteiger partial charge in [-0.1, -0.05) is 36.4 Å². The van der Waals surface area contributed by atoms with Gasteiger partial charge < -0.3 is 14.8 Å². The van der Waals surface area contributed by atoms with Crippen LogP contribution in [0, 0.1) is 0 Å². The number of ether oxygens (including phenoxy) is 1. The third-order valence-electron chi connectivity index (χ3n) is 2.39. The molecular weight excluding hydrogens is 191 g/mol. The van der Waals surface area contributed by atoms with E-state index in [1.54, 1.807) is 6.07 Å². The highest BCUT2D eigenvalue weighted by Gasteiger charge is 2.18. The first-order valence-corrected chi connectivity index (χ1v) is 4.66. The maximum absolute atomic E-state index is 9.17. The van der Waals surface area contributed by atoms with Gasteiger partial charge in [0, 0.05) is 10.8 Å². The fraction of sp³-hybridized carbons (Fsp3) is 0.0909. The molecule has 2 N–H and O–H groups in total. The van der Waals surface area contributed by atoms with Crippen molar-refractivity contribution in [3.05, 3.63) is 36.4 Å². The van der Waals surface area contributed by atoms with E-state index in [9.17, 15) is 10.0 Å². The Bertz CT molecular complexity index is 482. The lowest BCUT2D eigenvalue weighted by Gasteiger charge is -2.10. The zero-order valence-corrected chi connectivity index (χ0v) is 8.34. The van der Waals surface area contributed by atoms with Crippen molar-refractivity contribution >= 4 is 23.4 Å². The summed E-state index contributed by atoms with van der Waals surface area (Å²) in [6.07, 6.45) is 0. The van der Waals surface area contributed by atoms with Gasteiger partial charge in [-0.2, -0.15) is 0 Å². The monoisotopic (exact) mass is 202 g/mol. The smallest absolute Gasteiger partial charge is 0.492 e. The predicted octanol–water partition coefficient (Wildman–Crippen LogP) is 0.528. The number of benzene rings is 2. The highest BCUT2D eigenvalue weighted by atomic mass is 16.5. The van der Waals surface area contributed by atoms with Gasteiger partial charge in [0.2, 0.25) is 0 Å². The molecule has 15 heavy (non-hydrogen) atoms. The van der Waals surface area contributed by atoms with Gasteiger partial charge in [0.1, 0.15) is 5.75 Å². The molecule has 0 aromatic heterocycles.